The van der Waals surface area contributed by atoms with Crippen LogP contribution in [0, 0.1) is 0 Å². The summed E-state index contributed by atoms with van der Waals surface area (Å²) in [5, 5.41) is 8.23. The van der Waals surface area contributed by atoms with Crippen LogP contribution in [-0.2, 0) is 19.2 Å². The van der Waals surface area contributed by atoms with Crippen molar-refractivity contribution in [3.8, 4) is 0 Å². The van der Waals surface area contributed by atoms with Crippen LogP contribution in [0.4, 0.5) is 0 Å². The summed E-state index contributed by atoms with van der Waals surface area (Å²) in [5.41, 5.74) is 1.79. The first-order valence-electron chi connectivity index (χ1n) is 5.00. The molecule has 0 aromatic rings. The van der Waals surface area contributed by atoms with Crippen LogP contribution < -0.4 is 11.4 Å². The van der Waals surface area contributed by atoms with Crippen molar-refractivity contribution in [3.05, 3.63) is 0 Å². The summed E-state index contributed by atoms with van der Waals surface area (Å²) < 4.78 is 5.13. The molecular weight excluding hydrogens is 216 g/mol. The topological polar surface area (TPSA) is 111 Å². The van der Waals surface area contributed by atoms with E-state index in [0.717, 1.165) is 0 Å². The zero-order valence-electron chi connectivity index (χ0n) is 9.11. The number of hydrogen-bond donors (Lipinski definition) is 3. The number of ketones is 2. The molecule has 0 unspecified atom stereocenters. The third-order valence-corrected chi connectivity index (χ3v) is 1.79. The van der Waals surface area contributed by atoms with Gasteiger partial charge in [-0.2, -0.15) is 5.48 Å². The largest absolute Gasteiger partial charge is 0.381 e. The molecule has 7 nitrogen and oxygen atoms in total. The molecule has 4 N–H and O–H groups in total. The highest BCUT2D eigenvalue weighted by atomic mass is 16.6. The molecule has 0 aliphatic carbocycles. The van der Waals surface area contributed by atoms with Crippen LogP contribution in [0.25, 0.3) is 0 Å². The van der Waals surface area contributed by atoms with Gasteiger partial charge in [-0.1, -0.05) is 0 Å². The normalized spacial score (nSPS) is 10.4. The number of hydroxylamine groups is 1. The molecule has 7 heteroatoms. The van der Waals surface area contributed by atoms with Crippen LogP contribution in [0.15, 0.2) is 0 Å². The lowest BCUT2D eigenvalue weighted by atomic mass is 10.2. The molecule has 0 fully saturated rings. The molecular formula is C9H18N2O5. The summed E-state index contributed by atoms with van der Waals surface area (Å²) in [6.45, 7) is 0.554. The Kier molecular flexibility index (Phi) is 10.1. The van der Waals surface area contributed by atoms with Crippen molar-refractivity contribution < 1.29 is 24.4 Å². The van der Waals surface area contributed by atoms with Crippen molar-refractivity contribution in [2.45, 2.75) is 19.3 Å². The second kappa shape index (κ2) is 10.7. The maximum atomic E-state index is 10.9. The second-order valence-electron chi connectivity index (χ2n) is 3.19. The van der Waals surface area contributed by atoms with Crippen molar-refractivity contribution in [2.75, 3.05) is 26.4 Å². The summed E-state index contributed by atoms with van der Waals surface area (Å²) >= 11 is 0. The zero-order chi connectivity index (χ0) is 12.2. The predicted octanol–water partition coefficient (Wildman–Crippen LogP) is -0.819. The Balaban J connectivity index is 3.21. The quantitative estimate of drug-likeness (QED) is 0.316. The van der Waals surface area contributed by atoms with E-state index >= 15 is 0 Å². The van der Waals surface area contributed by atoms with Crippen LogP contribution in [0.3, 0.4) is 0 Å². The second-order valence-corrected chi connectivity index (χ2v) is 3.19. The van der Waals surface area contributed by atoms with Gasteiger partial charge in [0.15, 0.2) is 5.78 Å². The molecule has 0 spiro atoms. The average Bonchev–Trinajstić information content (AvgIpc) is 2.24. The van der Waals surface area contributed by atoms with E-state index < -0.39 is 0 Å². The third-order valence-electron chi connectivity index (χ3n) is 1.79. The minimum atomic E-state index is -0.122. The van der Waals surface area contributed by atoms with Crippen LogP contribution in [0.2, 0.25) is 0 Å². The van der Waals surface area contributed by atoms with Crippen molar-refractivity contribution in [1.82, 2.24) is 5.48 Å². The molecule has 0 rings (SSSR count). The van der Waals surface area contributed by atoms with Crippen LogP contribution in [0.1, 0.15) is 19.3 Å². The van der Waals surface area contributed by atoms with E-state index in [1.54, 1.807) is 5.48 Å². The van der Waals surface area contributed by atoms with E-state index in [1.807, 2.05) is 0 Å². The minimum absolute atomic E-state index is 0.0493. The van der Waals surface area contributed by atoms with Gasteiger partial charge < -0.3 is 9.94 Å². The maximum Gasteiger partial charge on any atom is 0.162 e. The lowest BCUT2D eigenvalue weighted by Gasteiger charge is -2.03. The Bertz CT molecular complexity index is 188. The number of hydrogen-bond acceptors (Lipinski definition) is 7. The molecule has 0 saturated carbocycles. The van der Waals surface area contributed by atoms with E-state index in [1.165, 1.54) is 0 Å². The monoisotopic (exact) mass is 234 g/mol. The SMILES string of the molecule is NOCC(=O)CCOCCCC(=O)CNO. The Labute approximate surface area is 93.8 Å². The first-order valence-corrected chi connectivity index (χ1v) is 5.00. The van der Waals surface area contributed by atoms with Gasteiger partial charge in [-0.25, -0.2) is 5.90 Å². The molecule has 0 amide bonds. The fraction of sp³-hybridized carbons (Fsp3) is 0.778. The molecule has 0 heterocycles. The number of ether oxygens (including phenoxy) is 1. The molecule has 0 aromatic heterocycles. The van der Waals surface area contributed by atoms with E-state index in [2.05, 4.69) is 4.84 Å². The third kappa shape index (κ3) is 9.69. The van der Waals surface area contributed by atoms with Crippen molar-refractivity contribution >= 4 is 11.6 Å². The zero-order valence-corrected chi connectivity index (χ0v) is 9.11. The summed E-state index contributed by atoms with van der Waals surface area (Å²) in [4.78, 5) is 26.0. The Morgan fingerprint density at radius 3 is 2.56 bits per heavy atom. The Hall–Kier alpha value is -0.860. The average molecular weight is 234 g/mol. The molecule has 16 heavy (non-hydrogen) atoms. The molecule has 0 radical (unpaired) electrons. The summed E-state index contributed by atoms with van der Waals surface area (Å²) in [5.74, 6) is 4.51. The number of carbonyl (C=O) groups is 2. The Morgan fingerprint density at radius 1 is 1.19 bits per heavy atom. The van der Waals surface area contributed by atoms with E-state index in [9.17, 15) is 9.59 Å². The molecule has 0 bridgehead atoms. The molecule has 0 aliphatic rings. The smallest absolute Gasteiger partial charge is 0.162 e. The minimum Gasteiger partial charge on any atom is -0.381 e. The van der Waals surface area contributed by atoms with Gasteiger partial charge in [0.1, 0.15) is 12.4 Å². The summed E-state index contributed by atoms with van der Waals surface area (Å²) in [7, 11) is 0. The molecule has 0 atom stereocenters. The number of Topliss-reactive ketones (excluding diaryl/α,β-unsaturated/α-hetero) is 2. The van der Waals surface area contributed by atoms with Gasteiger partial charge in [-0.3, -0.25) is 14.4 Å². The molecule has 94 valence electrons. The fourth-order valence-electron chi connectivity index (χ4n) is 1.00. The predicted molar refractivity (Wildman–Crippen MR) is 54.6 cm³/mol. The van der Waals surface area contributed by atoms with Gasteiger partial charge in [-0.15, -0.1) is 0 Å². The van der Waals surface area contributed by atoms with Gasteiger partial charge in [0, 0.05) is 19.4 Å². The number of nitrogens with one attached hydrogen (secondary N) is 1. The van der Waals surface area contributed by atoms with E-state index in [0.29, 0.717) is 26.1 Å². The molecule has 0 aromatic carbocycles. The van der Waals surface area contributed by atoms with Crippen LogP contribution >= 0.6 is 0 Å². The standard InChI is InChI=1S/C9H18N2O5/c10-16-7-9(13)3-5-15-4-1-2-8(12)6-11-14/h11,14H,1-7,10H2. The van der Waals surface area contributed by atoms with E-state index in [4.69, 9.17) is 15.8 Å². The summed E-state index contributed by atoms with van der Waals surface area (Å²) in [6.07, 6.45) is 1.17. The van der Waals surface area contributed by atoms with Crippen LogP contribution in [-0.4, -0.2) is 43.1 Å². The summed E-state index contributed by atoms with van der Waals surface area (Å²) in [6, 6.07) is 0. The van der Waals surface area contributed by atoms with Gasteiger partial charge in [0.25, 0.3) is 0 Å². The lowest BCUT2D eigenvalue weighted by Crippen LogP contribution is -2.19. The highest BCUT2D eigenvalue weighted by Crippen LogP contribution is 1.93. The van der Waals surface area contributed by atoms with E-state index in [-0.39, 0.29) is 31.1 Å². The Morgan fingerprint density at radius 2 is 1.94 bits per heavy atom. The lowest BCUT2D eigenvalue weighted by molar-refractivity contribution is -0.125. The number of carbonyl (C=O) groups excluding carboxylic acids is 2. The fourth-order valence-corrected chi connectivity index (χ4v) is 1.00. The van der Waals surface area contributed by atoms with Gasteiger partial charge >= 0.3 is 0 Å². The van der Waals surface area contributed by atoms with Gasteiger partial charge in [0.2, 0.25) is 0 Å². The molecule has 0 saturated heterocycles. The highest BCUT2D eigenvalue weighted by molar-refractivity contribution is 5.80. The number of nitrogens with two attached hydrogens (primary N) is 1. The highest BCUT2D eigenvalue weighted by Gasteiger charge is 2.02. The maximum absolute atomic E-state index is 10.9. The van der Waals surface area contributed by atoms with Crippen molar-refractivity contribution in [1.29, 1.82) is 0 Å². The first kappa shape index (κ1) is 15.1. The first-order chi connectivity index (χ1) is 7.70. The van der Waals surface area contributed by atoms with Crippen molar-refractivity contribution in [3.63, 3.8) is 0 Å². The molecule has 0 aliphatic heterocycles. The number of rotatable bonds is 11. The van der Waals surface area contributed by atoms with Crippen molar-refractivity contribution in [2.24, 2.45) is 5.90 Å². The van der Waals surface area contributed by atoms with Gasteiger partial charge in [-0.05, 0) is 6.42 Å². The van der Waals surface area contributed by atoms with Gasteiger partial charge in [0.05, 0.1) is 13.2 Å². The van der Waals surface area contributed by atoms with Crippen LogP contribution in [0.5, 0.6) is 0 Å².